The van der Waals surface area contributed by atoms with Crippen molar-refractivity contribution < 1.29 is 9.90 Å². The number of thioether (sulfide) groups is 1. The number of carbonyl (C=O) groups is 1. The normalized spacial score (nSPS) is 10.8. The summed E-state index contributed by atoms with van der Waals surface area (Å²) in [5.41, 5.74) is 1.78. The molecule has 0 aliphatic rings. The number of nitrogens with zero attached hydrogens (tertiary/aromatic N) is 2. The molecule has 0 fully saturated rings. The van der Waals surface area contributed by atoms with Crippen LogP contribution >= 0.6 is 39.3 Å². The Morgan fingerprint density at radius 2 is 2.30 bits per heavy atom. The van der Waals surface area contributed by atoms with Crippen molar-refractivity contribution in [3.63, 3.8) is 0 Å². The van der Waals surface area contributed by atoms with Crippen molar-refractivity contribution in [2.75, 3.05) is 5.75 Å². The molecule has 106 valence electrons. The third-order valence-electron chi connectivity index (χ3n) is 2.64. The molecule has 7 heteroatoms. The summed E-state index contributed by atoms with van der Waals surface area (Å²) in [5.74, 6) is -0.908. The van der Waals surface area contributed by atoms with Crippen LogP contribution in [0.4, 0.5) is 0 Å². The zero-order valence-electron chi connectivity index (χ0n) is 10.6. The summed E-state index contributed by atoms with van der Waals surface area (Å²) in [5, 5.41) is 10.0. The van der Waals surface area contributed by atoms with Crippen LogP contribution in [0.15, 0.2) is 34.0 Å². The fourth-order valence-corrected chi connectivity index (χ4v) is 3.04. The number of aryl methyl sites for hydroxylation is 1. The first-order valence-electron chi connectivity index (χ1n) is 5.89. The van der Waals surface area contributed by atoms with Crippen molar-refractivity contribution in [2.45, 2.75) is 18.5 Å². The van der Waals surface area contributed by atoms with Crippen molar-refractivity contribution in [3.05, 3.63) is 39.6 Å². The Kier molecular flexibility index (Phi) is 5.12. The van der Waals surface area contributed by atoms with Crippen LogP contribution in [-0.4, -0.2) is 26.4 Å². The van der Waals surface area contributed by atoms with Crippen LogP contribution in [-0.2, 0) is 11.2 Å². The first-order chi connectivity index (χ1) is 9.52. The molecule has 2 rings (SSSR count). The van der Waals surface area contributed by atoms with Crippen LogP contribution in [0.3, 0.4) is 0 Å². The highest BCUT2D eigenvalue weighted by atomic mass is 79.9. The van der Waals surface area contributed by atoms with E-state index in [1.54, 1.807) is 12.3 Å². The van der Waals surface area contributed by atoms with Gasteiger partial charge in [0.15, 0.2) is 5.16 Å². The smallest absolute Gasteiger partial charge is 0.313 e. The highest BCUT2D eigenvalue weighted by Gasteiger charge is 2.15. The number of rotatable bonds is 5. The monoisotopic (exact) mass is 374 g/mol. The summed E-state index contributed by atoms with van der Waals surface area (Å²) in [6.45, 7) is 2.02. The van der Waals surface area contributed by atoms with Gasteiger partial charge in [-0.1, -0.05) is 46.2 Å². The molecule has 0 aliphatic carbocycles. The maximum Gasteiger partial charge on any atom is 0.313 e. The third kappa shape index (κ3) is 3.37. The molecule has 0 saturated heterocycles. The zero-order chi connectivity index (χ0) is 14.7. The van der Waals surface area contributed by atoms with Gasteiger partial charge < -0.3 is 5.11 Å². The number of aliphatic carboxylic acids is 1. The Hall–Kier alpha value is -0.980. The van der Waals surface area contributed by atoms with Crippen LogP contribution in [0.1, 0.15) is 12.6 Å². The number of halogens is 2. The van der Waals surface area contributed by atoms with Crippen molar-refractivity contribution in [1.29, 1.82) is 0 Å². The van der Waals surface area contributed by atoms with Crippen LogP contribution in [0.25, 0.3) is 5.69 Å². The zero-order valence-corrected chi connectivity index (χ0v) is 13.8. The summed E-state index contributed by atoms with van der Waals surface area (Å²) >= 11 is 10.9. The molecule has 0 saturated carbocycles. The molecule has 1 N–H and O–H groups in total. The van der Waals surface area contributed by atoms with Gasteiger partial charge in [-0.2, -0.15) is 0 Å². The Morgan fingerprint density at radius 1 is 1.55 bits per heavy atom. The lowest BCUT2D eigenvalue weighted by atomic mass is 10.3. The van der Waals surface area contributed by atoms with Gasteiger partial charge in [0.2, 0.25) is 0 Å². The van der Waals surface area contributed by atoms with E-state index in [1.807, 2.05) is 23.6 Å². The predicted molar refractivity (Wildman–Crippen MR) is 84.0 cm³/mol. The van der Waals surface area contributed by atoms with Gasteiger partial charge in [0, 0.05) is 16.4 Å². The molecule has 20 heavy (non-hydrogen) atoms. The second kappa shape index (κ2) is 6.65. The lowest BCUT2D eigenvalue weighted by Gasteiger charge is -2.12. The lowest BCUT2D eigenvalue weighted by Crippen LogP contribution is -2.04. The maximum absolute atomic E-state index is 10.7. The number of aromatic nitrogens is 2. The van der Waals surface area contributed by atoms with E-state index in [2.05, 4.69) is 20.9 Å². The molecule has 0 bridgehead atoms. The SMILES string of the molecule is CCc1cnc(SCC(=O)O)n1-c1cc(Br)ccc1Cl. The minimum Gasteiger partial charge on any atom is -0.481 e. The Labute approximate surface area is 134 Å². The molecule has 1 aromatic carbocycles. The van der Waals surface area contributed by atoms with Crippen molar-refractivity contribution in [1.82, 2.24) is 9.55 Å². The highest BCUT2D eigenvalue weighted by Crippen LogP contribution is 2.30. The van der Waals surface area contributed by atoms with Gasteiger partial charge >= 0.3 is 5.97 Å². The maximum atomic E-state index is 10.7. The van der Waals surface area contributed by atoms with Gasteiger partial charge in [0.25, 0.3) is 0 Å². The Bertz CT molecular complexity index is 645. The van der Waals surface area contributed by atoms with Gasteiger partial charge in [-0.25, -0.2) is 4.98 Å². The van der Waals surface area contributed by atoms with Crippen molar-refractivity contribution in [2.24, 2.45) is 0 Å². The third-order valence-corrected chi connectivity index (χ3v) is 4.39. The molecule has 0 amide bonds. The number of hydrogen-bond acceptors (Lipinski definition) is 3. The van der Waals surface area contributed by atoms with Crippen molar-refractivity contribution >= 4 is 45.3 Å². The molecule has 1 aromatic heterocycles. The lowest BCUT2D eigenvalue weighted by molar-refractivity contribution is -0.133. The number of hydrogen-bond donors (Lipinski definition) is 1. The molecule has 1 heterocycles. The summed E-state index contributed by atoms with van der Waals surface area (Å²) in [6, 6.07) is 5.55. The first-order valence-corrected chi connectivity index (χ1v) is 8.05. The average molecular weight is 376 g/mol. The molecular formula is C13H12BrClN2O2S. The average Bonchev–Trinajstić information content (AvgIpc) is 2.82. The van der Waals surface area contributed by atoms with E-state index in [9.17, 15) is 4.79 Å². The van der Waals surface area contributed by atoms with Gasteiger partial charge in [0.05, 0.1) is 16.5 Å². The van der Waals surface area contributed by atoms with Crippen LogP contribution < -0.4 is 0 Å². The van der Waals surface area contributed by atoms with Crippen LogP contribution in [0.2, 0.25) is 5.02 Å². The second-order valence-corrected chi connectivity index (χ2v) is 6.26. The van der Waals surface area contributed by atoms with Gasteiger partial charge in [0.1, 0.15) is 0 Å². The van der Waals surface area contributed by atoms with Gasteiger partial charge in [-0.15, -0.1) is 0 Å². The quantitative estimate of drug-likeness (QED) is 0.802. The fraction of sp³-hybridized carbons (Fsp3) is 0.231. The molecule has 0 unspecified atom stereocenters. The number of benzene rings is 1. The molecule has 0 aliphatic heterocycles. The highest BCUT2D eigenvalue weighted by molar-refractivity contribution is 9.10. The number of carboxylic acids is 1. The fourth-order valence-electron chi connectivity index (χ4n) is 1.76. The van der Waals surface area contributed by atoms with E-state index < -0.39 is 5.97 Å². The van der Waals surface area contributed by atoms with E-state index in [0.717, 1.165) is 22.3 Å². The summed E-state index contributed by atoms with van der Waals surface area (Å²) < 4.78 is 2.81. The molecule has 0 atom stereocenters. The van der Waals surface area contributed by atoms with E-state index in [0.29, 0.717) is 10.2 Å². The van der Waals surface area contributed by atoms with Crippen LogP contribution in [0, 0.1) is 0 Å². The molecule has 4 nitrogen and oxygen atoms in total. The van der Waals surface area contributed by atoms with Crippen LogP contribution in [0.5, 0.6) is 0 Å². The second-order valence-electron chi connectivity index (χ2n) is 4.00. The van der Waals surface area contributed by atoms with Gasteiger partial charge in [-0.05, 0) is 24.6 Å². The minimum atomic E-state index is -0.872. The van der Waals surface area contributed by atoms with Crippen molar-refractivity contribution in [3.8, 4) is 5.69 Å². The molecule has 2 aromatic rings. The summed E-state index contributed by atoms with van der Waals surface area (Å²) in [4.78, 5) is 15.0. The number of imidazole rings is 1. The Morgan fingerprint density at radius 3 is 2.95 bits per heavy atom. The minimum absolute atomic E-state index is 0.0359. The summed E-state index contributed by atoms with van der Waals surface area (Å²) in [7, 11) is 0. The Balaban J connectivity index is 2.50. The van der Waals surface area contributed by atoms with E-state index in [4.69, 9.17) is 16.7 Å². The number of carboxylic acid groups (broad SMARTS) is 1. The topological polar surface area (TPSA) is 55.1 Å². The van der Waals surface area contributed by atoms with E-state index >= 15 is 0 Å². The van der Waals surface area contributed by atoms with E-state index in [-0.39, 0.29) is 5.75 Å². The first kappa shape index (κ1) is 15.4. The predicted octanol–water partition coefficient (Wildman–Crippen LogP) is 4.03. The van der Waals surface area contributed by atoms with Gasteiger partial charge in [-0.3, -0.25) is 9.36 Å². The molecule has 0 spiro atoms. The van der Waals surface area contributed by atoms with E-state index in [1.165, 1.54) is 11.8 Å². The molecular weight excluding hydrogens is 364 g/mol. The largest absolute Gasteiger partial charge is 0.481 e. The molecule has 0 radical (unpaired) electrons. The summed E-state index contributed by atoms with van der Waals surface area (Å²) in [6.07, 6.45) is 2.53. The standard InChI is InChI=1S/C13H12BrClN2O2S/c1-2-9-6-16-13(20-7-12(18)19)17(9)11-5-8(14)3-4-10(11)15/h3-6H,2,7H2,1H3,(H,18,19).